The van der Waals surface area contributed by atoms with E-state index in [1.54, 1.807) is 0 Å². The van der Waals surface area contributed by atoms with Crippen molar-refractivity contribution in [2.45, 2.75) is 46.1 Å². The minimum atomic E-state index is -0.244. The van der Waals surface area contributed by atoms with Crippen LogP contribution in [0.4, 0.5) is 5.69 Å². The molecule has 1 aliphatic rings. The molecular weight excluding hydrogens is 302 g/mol. The molecule has 1 unspecified atom stereocenters. The number of benzene rings is 1. The first-order valence-corrected chi connectivity index (χ1v) is 8.83. The van der Waals surface area contributed by atoms with E-state index in [0.717, 1.165) is 36.5 Å². The van der Waals surface area contributed by atoms with Crippen LogP contribution in [-0.4, -0.2) is 43.5 Å². The lowest BCUT2D eigenvalue weighted by Crippen LogP contribution is -3.14. The average Bonchev–Trinajstić information content (AvgIpc) is 2.51. The summed E-state index contributed by atoms with van der Waals surface area (Å²) >= 11 is 0. The molecule has 0 aliphatic carbocycles. The smallest absolute Gasteiger partial charge is 0.282 e. The molecule has 24 heavy (non-hydrogen) atoms. The number of likely N-dealkylation sites (N-methyl/N-ethyl adjacent to an activating group) is 1. The van der Waals surface area contributed by atoms with Crippen molar-refractivity contribution in [3.63, 3.8) is 0 Å². The van der Waals surface area contributed by atoms with Crippen molar-refractivity contribution < 1.29 is 14.5 Å². The molecule has 1 aliphatic heterocycles. The molecule has 0 fully saturated rings. The van der Waals surface area contributed by atoms with E-state index in [1.807, 2.05) is 50.8 Å². The Morgan fingerprint density at radius 1 is 1.21 bits per heavy atom. The molecule has 132 valence electrons. The van der Waals surface area contributed by atoms with Crippen LogP contribution in [0, 0.1) is 0 Å². The molecule has 0 spiro atoms. The Balaban J connectivity index is 1.99. The van der Waals surface area contributed by atoms with Gasteiger partial charge in [-0.1, -0.05) is 18.2 Å². The van der Waals surface area contributed by atoms with E-state index in [9.17, 15) is 9.59 Å². The Hall–Kier alpha value is -1.88. The van der Waals surface area contributed by atoms with Crippen molar-refractivity contribution in [1.29, 1.82) is 0 Å². The van der Waals surface area contributed by atoms with Crippen LogP contribution in [-0.2, 0) is 16.0 Å². The van der Waals surface area contributed by atoms with Crippen molar-refractivity contribution in [1.82, 2.24) is 5.32 Å². The normalized spacial score (nSPS) is 15.6. The number of quaternary nitrogens is 1. The highest BCUT2D eigenvalue weighted by molar-refractivity contribution is 5.95. The molecule has 0 radical (unpaired) electrons. The number of para-hydroxylation sites is 1. The maximum Gasteiger partial charge on any atom is 0.282 e. The molecule has 0 aromatic heterocycles. The van der Waals surface area contributed by atoms with Crippen molar-refractivity contribution in [2.75, 3.05) is 31.1 Å². The SMILES string of the molecule is CC[NH+](CC(=O)NC(C)(C)C)CC(=O)N1CCCc2ccccc21. The van der Waals surface area contributed by atoms with Crippen molar-refractivity contribution in [3.8, 4) is 0 Å². The lowest BCUT2D eigenvalue weighted by Gasteiger charge is -2.30. The molecule has 5 nitrogen and oxygen atoms in total. The molecule has 1 atom stereocenters. The quantitative estimate of drug-likeness (QED) is 0.837. The Labute approximate surface area is 145 Å². The third-order valence-corrected chi connectivity index (χ3v) is 4.24. The number of hydrogen-bond donors (Lipinski definition) is 2. The van der Waals surface area contributed by atoms with Gasteiger partial charge in [-0.3, -0.25) is 9.59 Å². The minimum Gasteiger partial charge on any atom is -0.347 e. The predicted octanol–water partition coefficient (Wildman–Crippen LogP) is 0.785. The number of nitrogens with one attached hydrogen (secondary N) is 2. The fourth-order valence-corrected chi connectivity index (χ4v) is 3.10. The summed E-state index contributed by atoms with van der Waals surface area (Å²) in [5.74, 6) is 0.0914. The van der Waals surface area contributed by atoms with Crippen LogP contribution in [0.2, 0.25) is 0 Å². The van der Waals surface area contributed by atoms with Gasteiger partial charge in [0, 0.05) is 17.8 Å². The second kappa shape index (κ2) is 7.79. The Kier molecular flexibility index (Phi) is 5.99. The molecule has 5 heteroatoms. The Morgan fingerprint density at radius 3 is 2.58 bits per heavy atom. The maximum atomic E-state index is 12.8. The zero-order valence-electron chi connectivity index (χ0n) is 15.3. The van der Waals surface area contributed by atoms with Gasteiger partial charge in [0.1, 0.15) is 0 Å². The number of carbonyl (C=O) groups excluding carboxylic acids is 2. The first-order chi connectivity index (χ1) is 11.3. The number of nitrogens with zero attached hydrogens (tertiary/aromatic N) is 1. The van der Waals surface area contributed by atoms with Gasteiger partial charge in [0.15, 0.2) is 13.1 Å². The van der Waals surface area contributed by atoms with Gasteiger partial charge in [-0.2, -0.15) is 0 Å². The van der Waals surface area contributed by atoms with Crippen LogP contribution in [0.25, 0.3) is 0 Å². The van der Waals surface area contributed by atoms with Crippen molar-refractivity contribution in [2.24, 2.45) is 0 Å². The van der Waals surface area contributed by atoms with Gasteiger partial charge in [0.05, 0.1) is 6.54 Å². The van der Waals surface area contributed by atoms with E-state index in [0.29, 0.717) is 13.1 Å². The van der Waals surface area contributed by atoms with Crippen molar-refractivity contribution >= 4 is 17.5 Å². The summed E-state index contributed by atoms with van der Waals surface area (Å²) in [4.78, 5) is 27.8. The lowest BCUT2D eigenvalue weighted by molar-refractivity contribution is -0.881. The van der Waals surface area contributed by atoms with E-state index in [2.05, 4.69) is 11.4 Å². The van der Waals surface area contributed by atoms with Crippen LogP contribution in [0.5, 0.6) is 0 Å². The largest absolute Gasteiger partial charge is 0.347 e. The van der Waals surface area contributed by atoms with Crippen LogP contribution in [0.3, 0.4) is 0 Å². The second-order valence-corrected chi connectivity index (χ2v) is 7.53. The average molecular weight is 332 g/mol. The molecule has 2 rings (SSSR count). The van der Waals surface area contributed by atoms with Gasteiger partial charge in [-0.15, -0.1) is 0 Å². The third-order valence-electron chi connectivity index (χ3n) is 4.24. The van der Waals surface area contributed by atoms with Gasteiger partial charge in [0.25, 0.3) is 11.8 Å². The van der Waals surface area contributed by atoms with Gasteiger partial charge < -0.3 is 15.1 Å². The number of amides is 2. The highest BCUT2D eigenvalue weighted by Crippen LogP contribution is 2.26. The number of fused-ring (bicyclic) bond motifs is 1. The van der Waals surface area contributed by atoms with E-state index in [1.165, 1.54) is 5.56 Å². The molecule has 1 aromatic rings. The van der Waals surface area contributed by atoms with Crippen LogP contribution >= 0.6 is 0 Å². The van der Waals surface area contributed by atoms with E-state index in [-0.39, 0.29) is 17.4 Å². The molecular formula is C19H30N3O2+. The summed E-state index contributed by atoms with van der Waals surface area (Å²) in [6.07, 6.45) is 2.02. The zero-order chi connectivity index (χ0) is 17.7. The molecule has 2 N–H and O–H groups in total. The van der Waals surface area contributed by atoms with Gasteiger partial charge >= 0.3 is 0 Å². The van der Waals surface area contributed by atoms with E-state index < -0.39 is 0 Å². The third kappa shape index (κ3) is 5.06. The fourth-order valence-electron chi connectivity index (χ4n) is 3.10. The van der Waals surface area contributed by atoms with Crippen molar-refractivity contribution in [3.05, 3.63) is 29.8 Å². The summed E-state index contributed by atoms with van der Waals surface area (Å²) in [6.45, 7) is 10.1. The number of rotatable bonds is 5. The van der Waals surface area contributed by atoms with E-state index in [4.69, 9.17) is 0 Å². The highest BCUT2D eigenvalue weighted by atomic mass is 16.2. The summed E-state index contributed by atoms with van der Waals surface area (Å²) in [6, 6.07) is 8.11. The fraction of sp³-hybridized carbons (Fsp3) is 0.579. The first-order valence-electron chi connectivity index (χ1n) is 8.83. The summed E-state index contributed by atoms with van der Waals surface area (Å²) in [5, 5.41) is 2.97. The molecule has 2 amide bonds. The summed E-state index contributed by atoms with van der Waals surface area (Å²) < 4.78 is 0. The standard InChI is InChI=1S/C19H29N3O2/c1-5-21(13-17(23)20-19(2,3)4)14-18(24)22-12-8-10-15-9-6-7-11-16(15)22/h6-7,9,11H,5,8,10,12-14H2,1-4H3,(H,20,23)/p+1. The monoisotopic (exact) mass is 332 g/mol. The van der Waals surface area contributed by atoms with Crippen LogP contribution in [0.15, 0.2) is 24.3 Å². The second-order valence-electron chi connectivity index (χ2n) is 7.53. The maximum absolute atomic E-state index is 12.8. The Morgan fingerprint density at radius 2 is 1.92 bits per heavy atom. The molecule has 0 saturated heterocycles. The highest BCUT2D eigenvalue weighted by Gasteiger charge is 2.26. The number of anilines is 1. The molecule has 1 heterocycles. The number of aryl methyl sites for hydroxylation is 1. The Bertz CT molecular complexity index is 593. The lowest BCUT2D eigenvalue weighted by atomic mass is 10.0. The summed E-state index contributed by atoms with van der Waals surface area (Å²) in [7, 11) is 0. The van der Waals surface area contributed by atoms with Gasteiger partial charge in [-0.25, -0.2) is 0 Å². The van der Waals surface area contributed by atoms with Gasteiger partial charge in [-0.05, 0) is 52.2 Å². The van der Waals surface area contributed by atoms with Crippen LogP contribution < -0.4 is 15.1 Å². The molecule has 0 bridgehead atoms. The number of hydrogen-bond acceptors (Lipinski definition) is 2. The topological polar surface area (TPSA) is 53.9 Å². The van der Waals surface area contributed by atoms with E-state index >= 15 is 0 Å². The summed E-state index contributed by atoms with van der Waals surface area (Å²) in [5.41, 5.74) is 2.02. The molecule has 1 aromatic carbocycles. The minimum absolute atomic E-state index is 0.00815. The number of carbonyl (C=O) groups is 2. The van der Waals surface area contributed by atoms with Crippen LogP contribution in [0.1, 0.15) is 39.7 Å². The first kappa shape index (κ1) is 18.5. The zero-order valence-corrected chi connectivity index (χ0v) is 15.3. The molecule has 0 saturated carbocycles. The predicted molar refractivity (Wildman–Crippen MR) is 96.2 cm³/mol. The van der Waals surface area contributed by atoms with Gasteiger partial charge in [0.2, 0.25) is 0 Å².